The number of rotatable bonds is 7. The third-order valence-corrected chi connectivity index (χ3v) is 4.01. The van der Waals surface area contributed by atoms with Gasteiger partial charge in [0.25, 0.3) is 5.91 Å². The quantitative estimate of drug-likeness (QED) is 0.674. The van der Waals surface area contributed by atoms with E-state index in [2.05, 4.69) is 0 Å². The van der Waals surface area contributed by atoms with Crippen LogP contribution < -0.4 is 9.47 Å². The number of nitrogens with zero attached hydrogens (tertiary/aromatic N) is 1. The zero-order valence-electron chi connectivity index (χ0n) is 13.6. The lowest BCUT2D eigenvalue weighted by atomic mass is 10.2. The molecular weight excluding hydrogens is 349 g/mol. The van der Waals surface area contributed by atoms with Crippen molar-refractivity contribution in [3.63, 3.8) is 0 Å². The molecule has 2 aromatic rings. The molecule has 1 amide bonds. The van der Waals surface area contributed by atoms with Crippen LogP contribution in [0.3, 0.4) is 0 Å². The van der Waals surface area contributed by atoms with E-state index in [0.29, 0.717) is 40.3 Å². The van der Waals surface area contributed by atoms with Crippen molar-refractivity contribution >= 4 is 29.1 Å². The highest BCUT2D eigenvalue weighted by molar-refractivity contribution is 6.37. The van der Waals surface area contributed by atoms with Crippen molar-refractivity contribution in [2.45, 2.75) is 6.92 Å². The van der Waals surface area contributed by atoms with E-state index in [-0.39, 0.29) is 12.5 Å². The van der Waals surface area contributed by atoms with Gasteiger partial charge in [-0.05, 0) is 37.3 Å². The fraction of sp³-hybridized carbons (Fsp3) is 0.278. The molecule has 6 heteroatoms. The summed E-state index contributed by atoms with van der Waals surface area (Å²) in [7, 11) is 1.76. The van der Waals surface area contributed by atoms with Crippen LogP contribution in [-0.2, 0) is 0 Å². The van der Waals surface area contributed by atoms with Crippen LogP contribution in [0.15, 0.2) is 42.5 Å². The second-order valence-corrected chi connectivity index (χ2v) is 5.91. The first-order valence-electron chi connectivity index (χ1n) is 7.58. The fourth-order valence-electron chi connectivity index (χ4n) is 2.01. The molecule has 0 aliphatic carbocycles. The number of hydrogen-bond donors (Lipinski definition) is 0. The minimum Gasteiger partial charge on any atom is -0.490 e. The van der Waals surface area contributed by atoms with Crippen LogP contribution in [0.1, 0.15) is 17.3 Å². The van der Waals surface area contributed by atoms with Gasteiger partial charge in [-0.1, -0.05) is 35.3 Å². The summed E-state index contributed by atoms with van der Waals surface area (Å²) < 4.78 is 11.2. The smallest absolute Gasteiger partial charge is 0.253 e. The SMILES string of the molecule is CCN(C)C(=O)c1cccc(OCCOc2c(Cl)cccc2Cl)c1. The predicted molar refractivity (Wildman–Crippen MR) is 96.5 cm³/mol. The van der Waals surface area contributed by atoms with Gasteiger partial charge in [-0.2, -0.15) is 0 Å². The number of amides is 1. The maximum Gasteiger partial charge on any atom is 0.253 e. The zero-order valence-corrected chi connectivity index (χ0v) is 15.1. The van der Waals surface area contributed by atoms with Gasteiger partial charge < -0.3 is 14.4 Å². The van der Waals surface area contributed by atoms with Gasteiger partial charge >= 0.3 is 0 Å². The summed E-state index contributed by atoms with van der Waals surface area (Å²) in [6.07, 6.45) is 0. The van der Waals surface area contributed by atoms with Crippen LogP contribution in [0.4, 0.5) is 0 Å². The molecule has 0 saturated carbocycles. The molecule has 2 rings (SSSR count). The Kier molecular flexibility index (Phi) is 6.76. The fourth-order valence-corrected chi connectivity index (χ4v) is 2.51. The van der Waals surface area contributed by atoms with E-state index < -0.39 is 0 Å². The first-order valence-corrected chi connectivity index (χ1v) is 8.33. The minimum absolute atomic E-state index is 0.0398. The van der Waals surface area contributed by atoms with E-state index >= 15 is 0 Å². The monoisotopic (exact) mass is 367 g/mol. The summed E-state index contributed by atoms with van der Waals surface area (Å²) in [5.41, 5.74) is 0.590. The third-order valence-electron chi connectivity index (χ3n) is 3.42. The van der Waals surface area contributed by atoms with Gasteiger partial charge in [0, 0.05) is 19.2 Å². The molecule has 0 unspecified atom stereocenters. The summed E-state index contributed by atoms with van der Waals surface area (Å²) in [6.45, 7) is 3.17. The van der Waals surface area contributed by atoms with Gasteiger partial charge in [-0.3, -0.25) is 4.79 Å². The van der Waals surface area contributed by atoms with Crippen LogP contribution in [0.25, 0.3) is 0 Å². The van der Waals surface area contributed by atoms with E-state index in [0.717, 1.165) is 0 Å². The first kappa shape index (κ1) is 18.4. The molecule has 0 atom stereocenters. The van der Waals surface area contributed by atoms with Crippen LogP contribution in [0.2, 0.25) is 10.0 Å². The molecule has 0 heterocycles. The number of para-hydroxylation sites is 1. The van der Waals surface area contributed by atoms with Crippen molar-refractivity contribution in [1.82, 2.24) is 4.90 Å². The highest BCUT2D eigenvalue weighted by Gasteiger charge is 2.11. The van der Waals surface area contributed by atoms with E-state index in [1.54, 1.807) is 54.4 Å². The van der Waals surface area contributed by atoms with Crippen LogP contribution in [0.5, 0.6) is 11.5 Å². The van der Waals surface area contributed by atoms with Crippen molar-refractivity contribution in [2.75, 3.05) is 26.8 Å². The Morgan fingerprint density at radius 2 is 1.67 bits per heavy atom. The Hall–Kier alpha value is -1.91. The Balaban J connectivity index is 1.90. The lowest BCUT2D eigenvalue weighted by Crippen LogP contribution is -2.26. The molecule has 0 saturated heterocycles. The Morgan fingerprint density at radius 3 is 2.33 bits per heavy atom. The Morgan fingerprint density at radius 1 is 1.04 bits per heavy atom. The summed E-state index contributed by atoms with van der Waals surface area (Å²) in [4.78, 5) is 13.8. The average Bonchev–Trinajstić information content (AvgIpc) is 2.59. The molecule has 4 nitrogen and oxygen atoms in total. The van der Waals surface area contributed by atoms with Crippen molar-refractivity contribution in [2.24, 2.45) is 0 Å². The van der Waals surface area contributed by atoms with Gasteiger partial charge in [-0.15, -0.1) is 0 Å². The first-order chi connectivity index (χ1) is 11.5. The standard InChI is InChI=1S/C18H19Cl2NO3/c1-3-21(2)18(22)13-6-4-7-14(12-13)23-10-11-24-17-15(19)8-5-9-16(17)20/h4-9,12H,3,10-11H2,1-2H3. The highest BCUT2D eigenvalue weighted by Crippen LogP contribution is 2.32. The van der Waals surface area contributed by atoms with E-state index in [4.69, 9.17) is 32.7 Å². The Bertz CT molecular complexity index is 686. The second kappa shape index (κ2) is 8.81. The van der Waals surface area contributed by atoms with Crippen molar-refractivity contribution in [3.8, 4) is 11.5 Å². The third kappa shape index (κ3) is 4.79. The van der Waals surface area contributed by atoms with Crippen LogP contribution >= 0.6 is 23.2 Å². The number of benzene rings is 2. The number of carbonyl (C=O) groups is 1. The number of halogens is 2. The number of ether oxygens (including phenoxy) is 2. The predicted octanol–water partition coefficient (Wildman–Crippen LogP) is 4.54. The van der Waals surface area contributed by atoms with E-state index in [9.17, 15) is 4.79 Å². The second-order valence-electron chi connectivity index (χ2n) is 5.09. The van der Waals surface area contributed by atoms with Gasteiger partial charge in [0.15, 0.2) is 5.75 Å². The molecule has 0 aliphatic heterocycles. The summed E-state index contributed by atoms with van der Waals surface area (Å²) in [5.74, 6) is 1.01. The highest BCUT2D eigenvalue weighted by atomic mass is 35.5. The summed E-state index contributed by atoms with van der Waals surface area (Å²) in [5, 5.41) is 0.912. The molecule has 0 aromatic heterocycles. The molecule has 0 spiro atoms. The Labute approximate surface area is 151 Å². The summed E-state index contributed by atoms with van der Waals surface area (Å²) in [6, 6.07) is 12.2. The van der Waals surface area contributed by atoms with Gasteiger partial charge in [0.2, 0.25) is 0 Å². The van der Waals surface area contributed by atoms with Crippen LogP contribution in [-0.4, -0.2) is 37.6 Å². The lowest BCUT2D eigenvalue weighted by molar-refractivity contribution is 0.0802. The van der Waals surface area contributed by atoms with Crippen LogP contribution in [0, 0.1) is 0 Å². The van der Waals surface area contributed by atoms with E-state index in [1.165, 1.54) is 0 Å². The number of hydrogen-bond acceptors (Lipinski definition) is 3. The average molecular weight is 368 g/mol. The molecule has 2 aromatic carbocycles. The zero-order chi connectivity index (χ0) is 17.5. The molecule has 128 valence electrons. The van der Waals surface area contributed by atoms with E-state index in [1.807, 2.05) is 6.92 Å². The lowest BCUT2D eigenvalue weighted by Gasteiger charge is -2.15. The maximum atomic E-state index is 12.1. The molecule has 24 heavy (non-hydrogen) atoms. The molecule has 0 aliphatic rings. The molecule has 0 bridgehead atoms. The normalized spacial score (nSPS) is 10.3. The van der Waals surface area contributed by atoms with Crippen molar-refractivity contribution < 1.29 is 14.3 Å². The van der Waals surface area contributed by atoms with Gasteiger partial charge in [-0.25, -0.2) is 0 Å². The van der Waals surface area contributed by atoms with Crippen molar-refractivity contribution in [3.05, 3.63) is 58.1 Å². The molecule has 0 fully saturated rings. The molecule has 0 radical (unpaired) electrons. The van der Waals surface area contributed by atoms with Gasteiger partial charge in [0.1, 0.15) is 19.0 Å². The molecular formula is C18H19Cl2NO3. The van der Waals surface area contributed by atoms with Gasteiger partial charge in [0.05, 0.1) is 10.0 Å². The topological polar surface area (TPSA) is 38.8 Å². The van der Waals surface area contributed by atoms with Crippen molar-refractivity contribution in [1.29, 1.82) is 0 Å². The minimum atomic E-state index is -0.0398. The summed E-state index contributed by atoms with van der Waals surface area (Å²) >= 11 is 12.1. The number of carbonyl (C=O) groups excluding carboxylic acids is 1. The maximum absolute atomic E-state index is 12.1. The molecule has 0 N–H and O–H groups in total. The largest absolute Gasteiger partial charge is 0.490 e.